The van der Waals surface area contributed by atoms with Crippen molar-refractivity contribution in [3.8, 4) is 0 Å². The fraction of sp³-hybridized carbons (Fsp3) is 0.435. The third kappa shape index (κ3) is 4.34. The lowest BCUT2D eigenvalue weighted by Crippen LogP contribution is -2.44. The van der Waals surface area contributed by atoms with Gasteiger partial charge in [0.2, 0.25) is 5.91 Å². The Morgan fingerprint density at radius 1 is 1.08 bits per heavy atom. The Labute approximate surface area is 157 Å². The standard InChI is InChI=1S/C23H30N2O/c1-4-19-9-11-21(12-10-19)24-22(26)23(3)13-15-25(16-14-23)17-20-8-6-5-7-18(20)2/h5-12H,4,13-17H2,1-3H3,(H,24,26). The molecule has 3 heteroatoms. The van der Waals surface area contributed by atoms with Gasteiger partial charge in [0, 0.05) is 17.6 Å². The Morgan fingerprint density at radius 3 is 2.35 bits per heavy atom. The summed E-state index contributed by atoms with van der Waals surface area (Å²) in [6, 6.07) is 16.7. The summed E-state index contributed by atoms with van der Waals surface area (Å²) in [5.74, 6) is 0.150. The molecule has 2 aromatic carbocycles. The Balaban J connectivity index is 1.56. The largest absolute Gasteiger partial charge is 0.326 e. The third-order valence-corrected chi connectivity index (χ3v) is 5.78. The molecular formula is C23H30N2O. The molecule has 3 nitrogen and oxygen atoms in total. The Hall–Kier alpha value is -2.13. The van der Waals surface area contributed by atoms with Gasteiger partial charge >= 0.3 is 0 Å². The molecule has 0 saturated carbocycles. The lowest BCUT2D eigenvalue weighted by atomic mass is 9.79. The molecule has 3 rings (SSSR count). The molecule has 0 aromatic heterocycles. The minimum absolute atomic E-state index is 0.150. The number of aryl methyl sites for hydroxylation is 2. The van der Waals surface area contributed by atoms with Crippen LogP contribution in [0.25, 0.3) is 0 Å². The van der Waals surface area contributed by atoms with E-state index in [1.807, 2.05) is 12.1 Å². The number of benzene rings is 2. The molecule has 0 unspecified atom stereocenters. The molecule has 138 valence electrons. The van der Waals surface area contributed by atoms with Crippen LogP contribution in [-0.4, -0.2) is 23.9 Å². The Kier molecular flexibility index (Phi) is 5.77. The SMILES string of the molecule is CCc1ccc(NC(=O)C2(C)CCN(Cc3ccccc3C)CC2)cc1. The zero-order valence-corrected chi connectivity index (χ0v) is 16.2. The summed E-state index contributed by atoms with van der Waals surface area (Å²) in [6.07, 6.45) is 2.82. The number of nitrogens with zero attached hydrogens (tertiary/aromatic N) is 1. The van der Waals surface area contributed by atoms with Crippen molar-refractivity contribution in [2.24, 2.45) is 5.41 Å². The van der Waals surface area contributed by atoms with E-state index in [1.165, 1.54) is 16.7 Å². The van der Waals surface area contributed by atoms with Gasteiger partial charge in [0.25, 0.3) is 0 Å². The molecule has 1 saturated heterocycles. The van der Waals surface area contributed by atoms with E-state index < -0.39 is 0 Å². The van der Waals surface area contributed by atoms with E-state index in [4.69, 9.17) is 0 Å². The monoisotopic (exact) mass is 350 g/mol. The summed E-state index contributed by atoms with van der Waals surface area (Å²) >= 11 is 0. The van der Waals surface area contributed by atoms with Crippen LogP contribution in [0.4, 0.5) is 5.69 Å². The van der Waals surface area contributed by atoms with Crippen LogP contribution in [0.15, 0.2) is 48.5 Å². The molecule has 0 atom stereocenters. The molecule has 0 aliphatic carbocycles. The molecule has 0 spiro atoms. The van der Waals surface area contributed by atoms with E-state index in [-0.39, 0.29) is 11.3 Å². The maximum absolute atomic E-state index is 12.8. The molecule has 1 aliphatic rings. The maximum atomic E-state index is 12.8. The number of carbonyl (C=O) groups excluding carboxylic acids is 1. The molecular weight excluding hydrogens is 320 g/mol. The van der Waals surface area contributed by atoms with Gasteiger partial charge in [-0.2, -0.15) is 0 Å². The molecule has 2 aromatic rings. The van der Waals surface area contributed by atoms with Crippen LogP contribution in [0.2, 0.25) is 0 Å². The van der Waals surface area contributed by atoms with Gasteiger partial charge in [0.05, 0.1) is 0 Å². The van der Waals surface area contributed by atoms with Gasteiger partial charge in [-0.25, -0.2) is 0 Å². The summed E-state index contributed by atoms with van der Waals surface area (Å²) in [7, 11) is 0. The average molecular weight is 351 g/mol. The van der Waals surface area contributed by atoms with Crippen molar-refractivity contribution in [1.29, 1.82) is 0 Å². The minimum atomic E-state index is -0.286. The van der Waals surface area contributed by atoms with Crippen molar-refractivity contribution in [3.63, 3.8) is 0 Å². The average Bonchev–Trinajstić information content (AvgIpc) is 2.66. The topological polar surface area (TPSA) is 32.3 Å². The van der Waals surface area contributed by atoms with E-state index in [0.717, 1.165) is 44.6 Å². The number of rotatable bonds is 5. The first-order valence-corrected chi connectivity index (χ1v) is 9.67. The molecule has 1 N–H and O–H groups in total. The zero-order valence-electron chi connectivity index (χ0n) is 16.2. The van der Waals surface area contributed by atoms with E-state index in [0.29, 0.717) is 0 Å². The number of amides is 1. The van der Waals surface area contributed by atoms with Crippen molar-refractivity contribution in [2.75, 3.05) is 18.4 Å². The lowest BCUT2D eigenvalue weighted by molar-refractivity contribution is -0.127. The van der Waals surface area contributed by atoms with Crippen molar-refractivity contribution in [2.45, 2.75) is 46.6 Å². The fourth-order valence-corrected chi connectivity index (χ4v) is 3.57. The van der Waals surface area contributed by atoms with Crippen LogP contribution in [0.1, 0.15) is 43.4 Å². The molecule has 26 heavy (non-hydrogen) atoms. The van der Waals surface area contributed by atoms with Crippen molar-refractivity contribution in [3.05, 3.63) is 65.2 Å². The zero-order chi connectivity index (χ0) is 18.6. The molecule has 1 fully saturated rings. The van der Waals surface area contributed by atoms with Crippen LogP contribution in [0.3, 0.4) is 0 Å². The molecule has 1 aliphatic heterocycles. The van der Waals surface area contributed by atoms with E-state index in [9.17, 15) is 4.79 Å². The highest BCUT2D eigenvalue weighted by molar-refractivity contribution is 5.95. The number of hydrogen-bond acceptors (Lipinski definition) is 2. The van der Waals surface area contributed by atoms with E-state index in [2.05, 4.69) is 67.4 Å². The maximum Gasteiger partial charge on any atom is 0.230 e. The first-order valence-electron chi connectivity index (χ1n) is 9.67. The smallest absolute Gasteiger partial charge is 0.230 e. The first-order chi connectivity index (χ1) is 12.5. The summed E-state index contributed by atoms with van der Waals surface area (Å²) in [4.78, 5) is 15.3. The molecule has 1 amide bonds. The third-order valence-electron chi connectivity index (χ3n) is 5.78. The van der Waals surface area contributed by atoms with Gasteiger partial charge in [-0.05, 0) is 68.1 Å². The normalized spacial score (nSPS) is 17.0. The number of carbonyl (C=O) groups is 1. The van der Waals surface area contributed by atoms with Crippen molar-refractivity contribution in [1.82, 2.24) is 4.90 Å². The number of likely N-dealkylation sites (tertiary alicyclic amines) is 1. The van der Waals surface area contributed by atoms with Crippen molar-refractivity contribution >= 4 is 11.6 Å². The van der Waals surface area contributed by atoms with Crippen LogP contribution in [0, 0.1) is 12.3 Å². The van der Waals surface area contributed by atoms with E-state index in [1.54, 1.807) is 0 Å². The Morgan fingerprint density at radius 2 is 1.73 bits per heavy atom. The number of anilines is 1. The van der Waals surface area contributed by atoms with Gasteiger partial charge in [-0.3, -0.25) is 9.69 Å². The second kappa shape index (κ2) is 8.05. The Bertz CT molecular complexity index is 743. The summed E-state index contributed by atoms with van der Waals surface area (Å²) < 4.78 is 0. The predicted molar refractivity (Wildman–Crippen MR) is 108 cm³/mol. The van der Waals surface area contributed by atoms with Crippen molar-refractivity contribution < 1.29 is 4.79 Å². The second-order valence-corrected chi connectivity index (χ2v) is 7.77. The molecule has 0 bridgehead atoms. The quantitative estimate of drug-likeness (QED) is 0.840. The molecule has 0 radical (unpaired) electrons. The summed E-state index contributed by atoms with van der Waals surface area (Å²) in [5.41, 5.74) is 4.63. The minimum Gasteiger partial charge on any atom is -0.326 e. The number of hydrogen-bond donors (Lipinski definition) is 1. The molecule has 1 heterocycles. The first kappa shape index (κ1) is 18.7. The second-order valence-electron chi connectivity index (χ2n) is 7.77. The van der Waals surface area contributed by atoms with Crippen LogP contribution in [0.5, 0.6) is 0 Å². The summed E-state index contributed by atoms with van der Waals surface area (Å²) in [6.45, 7) is 9.32. The van der Waals surface area contributed by atoms with Crippen LogP contribution in [-0.2, 0) is 17.8 Å². The summed E-state index contributed by atoms with van der Waals surface area (Å²) in [5, 5.41) is 3.12. The van der Waals surface area contributed by atoms with Gasteiger partial charge in [-0.15, -0.1) is 0 Å². The van der Waals surface area contributed by atoms with Crippen LogP contribution >= 0.6 is 0 Å². The highest BCUT2D eigenvalue weighted by atomic mass is 16.2. The lowest BCUT2D eigenvalue weighted by Gasteiger charge is -2.38. The highest BCUT2D eigenvalue weighted by Gasteiger charge is 2.36. The highest BCUT2D eigenvalue weighted by Crippen LogP contribution is 2.33. The number of nitrogens with one attached hydrogen (secondary N) is 1. The van der Waals surface area contributed by atoms with Gasteiger partial charge in [-0.1, -0.05) is 50.2 Å². The van der Waals surface area contributed by atoms with Gasteiger partial charge < -0.3 is 5.32 Å². The number of piperidine rings is 1. The fourth-order valence-electron chi connectivity index (χ4n) is 3.57. The van der Waals surface area contributed by atoms with Gasteiger partial charge in [0.1, 0.15) is 0 Å². The van der Waals surface area contributed by atoms with E-state index >= 15 is 0 Å². The van der Waals surface area contributed by atoms with Crippen LogP contribution < -0.4 is 5.32 Å². The van der Waals surface area contributed by atoms with Gasteiger partial charge in [0.15, 0.2) is 0 Å². The predicted octanol–water partition coefficient (Wildman–Crippen LogP) is 4.80.